The minimum absolute atomic E-state index is 0.110. The molecule has 0 aliphatic carbocycles. The first-order valence-electron chi connectivity index (χ1n) is 9.98. The van der Waals surface area contributed by atoms with Crippen LogP contribution in [0.1, 0.15) is 43.9 Å². The predicted octanol–water partition coefficient (Wildman–Crippen LogP) is 3.57. The van der Waals surface area contributed by atoms with Crippen molar-refractivity contribution < 1.29 is 14.3 Å². The molecule has 2 aromatic carbocycles. The molecule has 3 aromatic rings. The fraction of sp³-hybridized carbons (Fsp3) is 0.208. The SMILES string of the molecule is O=C(c1cc2c(cn1)CNC2)c1cccc2c1CN(C(=O)OCc1ccccc1)C2. The van der Waals surface area contributed by atoms with Gasteiger partial charge in [-0.1, -0.05) is 48.5 Å². The highest BCUT2D eigenvalue weighted by molar-refractivity contribution is 6.09. The third-order valence-electron chi connectivity index (χ3n) is 5.64. The Hall–Kier alpha value is -3.51. The Labute approximate surface area is 174 Å². The molecule has 0 atom stereocenters. The van der Waals surface area contributed by atoms with Gasteiger partial charge in [0.2, 0.25) is 5.78 Å². The summed E-state index contributed by atoms with van der Waals surface area (Å²) in [4.78, 5) is 31.7. The maximum Gasteiger partial charge on any atom is 0.410 e. The van der Waals surface area contributed by atoms with Crippen molar-refractivity contribution in [1.82, 2.24) is 15.2 Å². The monoisotopic (exact) mass is 399 g/mol. The molecule has 0 unspecified atom stereocenters. The van der Waals surface area contributed by atoms with Crippen LogP contribution in [-0.2, 0) is 37.5 Å². The third kappa shape index (κ3) is 3.46. The molecule has 30 heavy (non-hydrogen) atoms. The maximum atomic E-state index is 13.2. The van der Waals surface area contributed by atoms with Gasteiger partial charge in [0.05, 0.1) is 6.54 Å². The van der Waals surface area contributed by atoms with E-state index >= 15 is 0 Å². The van der Waals surface area contributed by atoms with Crippen molar-refractivity contribution >= 4 is 11.9 Å². The number of rotatable bonds is 4. The Kier molecular flexibility index (Phi) is 4.77. The maximum absolute atomic E-state index is 13.2. The standard InChI is InChI=1S/C24H21N3O3/c28-23(22-9-18-10-25-11-19(18)12-26-22)20-8-4-7-17-13-27(14-21(17)20)24(29)30-15-16-5-2-1-3-6-16/h1-9,12,25H,10-11,13-15H2. The van der Waals surface area contributed by atoms with Crippen molar-refractivity contribution in [2.75, 3.05) is 0 Å². The summed E-state index contributed by atoms with van der Waals surface area (Å²) < 4.78 is 5.46. The van der Waals surface area contributed by atoms with Gasteiger partial charge >= 0.3 is 6.09 Å². The minimum Gasteiger partial charge on any atom is -0.445 e. The van der Waals surface area contributed by atoms with Gasteiger partial charge in [-0.2, -0.15) is 0 Å². The van der Waals surface area contributed by atoms with Gasteiger partial charge < -0.3 is 10.1 Å². The Morgan fingerprint density at radius 3 is 2.67 bits per heavy atom. The van der Waals surface area contributed by atoms with Crippen molar-refractivity contribution in [3.05, 3.63) is 99.9 Å². The molecule has 0 bridgehead atoms. The molecule has 5 rings (SSSR count). The zero-order chi connectivity index (χ0) is 20.5. The Morgan fingerprint density at radius 1 is 0.967 bits per heavy atom. The first-order valence-corrected chi connectivity index (χ1v) is 9.98. The number of fused-ring (bicyclic) bond motifs is 2. The molecule has 3 heterocycles. The summed E-state index contributed by atoms with van der Waals surface area (Å²) in [5, 5.41) is 3.27. The van der Waals surface area contributed by atoms with Gasteiger partial charge in [0.15, 0.2) is 0 Å². The molecule has 0 fully saturated rings. The van der Waals surface area contributed by atoms with Crippen LogP contribution < -0.4 is 5.32 Å². The second-order valence-corrected chi connectivity index (χ2v) is 7.61. The molecule has 0 saturated carbocycles. The molecule has 1 N–H and O–H groups in total. The first-order chi connectivity index (χ1) is 14.7. The van der Waals surface area contributed by atoms with E-state index in [9.17, 15) is 9.59 Å². The molecule has 150 valence electrons. The number of ether oxygens (including phenoxy) is 1. The Morgan fingerprint density at radius 2 is 1.80 bits per heavy atom. The number of amides is 1. The lowest BCUT2D eigenvalue weighted by atomic mass is 9.97. The molecule has 2 aliphatic heterocycles. The van der Waals surface area contributed by atoms with Gasteiger partial charge in [-0.15, -0.1) is 0 Å². The van der Waals surface area contributed by atoms with Crippen LogP contribution in [0.25, 0.3) is 0 Å². The Balaban J connectivity index is 1.33. The average Bonchev–Trinajstić information content (AvgIpc) is 3.43. The van der Waals surface area contributed by atoms with Gasteiger partial charge in [-0.05, 0) is 33.9 Å². The van der Waals surface area contributed by atoms with Crippen LogP contribution >= 0.6 is 0 Å². The molecule has 2 aliphatic rings. The van der Waals surface area contributed by atoms with Gasteiger partial charge in [0.1, 0.15) is 12.3 Å². The van der Waals surface area contributed by atoms with Gasteiger partial charge in [-0.3, -0.25) is 14.7 Å². The van der Waals surface area contributed by atoms with E-state index in [2.05, 4.69) is 10.3 Å². The molecule has 6 heteroatoms. The number of carbonyl (C=O) groups excluding carboxylic acids is 2. The molecule has 1 amide bonds. The quantitative estimate of drug-likeness (QED) is 0.679. The number of hydrogen-bond acceptors (Lipinski definition) is 5. The second kappa shape index (κ2) is 7.72. The normalized spacial score (nSPS) is 14.3. The lowest BCUT2D eigenvalue weighted by Gasteiger charge is -2.15. The molecule has 6 nitrogen and oxygen atoms in total. The smallest absolute Gasteiger partial charge is 0.410 e. The fourth-order valence-corrected chi connectivity index (χ4v) is 4.02. The lowest BCUT2D eigenvalue weighted by molar-refractivity contribution is 0.0949. The summed E-state index contributed by atoms with van der Waals surface area (Å²) in [5.74, 6) is -0.110. The van der Waals surface area contributed by atoms with E-state index < -0.39 is 0 Å². The fourth-order valence-electron chi connectivity index (χ4n) is 4.02. The van der Waals surface area contributed by atoms with Crippen LogP contribution in [-0.4, -0.2) is 21.8 Å². The number of nitrogens with zero attached hydrogens (tertiary/aromatic N) is 2. The van der Waals surface area contributed by atoms with Crippen LogP contribution in [0.3, 0.4) is 0 Å². The summed E-state index contributed by atoms with van der Waals surface area (Å²) in [5.41, 5.74) is 6.08. The number of benzene rings is 2. The topological polar surface area (TPSA) is 71.5 Å². The summed E-state index contributed by atoms with van der Waals surface area (Å²) >= 11 is 0. The van der Waals surface area contributed by atoms with Crippen molar-refractivity contribution in [3.63, 3.8) is 0 Å². The molecule has 0 radical (unpaired) electrons. The van der Waals surface area contributed by atoms with Crippen LogP contribution in [0, 0.1) is 0 Å². The average molecular weight is 399 g/mol. The number of carbonyl (C=O) groups is 2. The van der Waals surface area contributed by atoms with E-state index in [1.807, 2.05) is 54.6 Å². The zero-order valence-electron chi connectivity index (χ0n) is 16.4. The van der Waals surface area contributed by atoms with Gasteiger partial charge in [0, 0.05) is 31.4 Å². The highest BCUT2D eigenvalue weighted by Crippen LogP contribution is 2.28. The van der Waals surface area contributed by atoms with E-state index in [1.165, 1.54) is 0 Å². The van der Waals surface area contributed by atoms with E-state index in [4.69, 9.17) is 4.74 Å². The second-order valence-electron chi connectivity index (χ2n) is 7.61. The van der Waals surface area contributed by atoms with Crippen molar-refractivity contribution in [2.24, 2.45) is 0 Å². The lowest BCUT2D eigenvalue weighted by Crippen LogP contribution is -2.26. The van der Waals surface area contributed by atoms with Crippen LogP contribution in [0.15, 0.2) is 60.8 Å². The Bertz CT molecular complexity index is 1130. The van der Waals surface area contributed by atoms with Gasteiger partial charge in [-0.25, -0.2) is 4.79 Å². The number of nitrogens with one attached hydrogen (secondary N) is 1. The molecule has 0 spiro atoms. The van der Waals surface area contributed by atoms with E-state index in [0.29, 0.717) is 24.3 Å². The minimum atomic E-state index is -0.379. The van der Waals surface area contributed by atoms with Crippen LogP contribution in [0.2, 0.25) is 0 Å². The first kappa shape index (κ1) is 18.5. The zero-order valence-corrected chi connectivity index (χ0v) is 16.4. The summed E-state index contributed by atoms with van der Waals surface area (Å²) in [6, 6.07) is 17.1. The molecular formula is C24H21N3O3. The molecule has 1 aromatic heterocycles. The van der Waals surface area contributed by atoms with E-state index in [0.717, 1.165) is 40.9 Å². The van der Waals surface area contributed by atoms with Crippen molar-refractivity contribution in [1.29, 1.82) is 0 Å². The highest BCUT2D eigenvalue weighted by Gasteiger charge is 2.29. The molecule has 0 saturated heterocycles. The third-order valence-corrected chi connectivity index (χ3v) is 5.64. The number of aromatic nitrogens is 1. The summed E-state index contributed by atoms with van der Waals surface area (Å²) in [6.07, 6.45) is 1.40. The predicted molar refractivity (Wildman–Crippen MR) is 111 cm³/mol. The van der Waals surface area contributed by atoms with Crippen molar-refractivity contribution in [3.8, 4) is 0 Å². The summed E-state index contributed by atoms with van der Waals surface area (Å²) in [6.45, 7) is 2.57. The number of pyridine rings is 1. The number of ketones is 1. The highest BCUT2D eigenvalue weighted by atomic mass is 16.6. The number of hydrogen-bond donors (Lipinski definition) is 1. The van der Waals surface area contributed by atoms with Crippen LogP contribution in [0.4, 0.5) is 4.79 Å². The van der Waals surface area contributed by atoms with E-state index in [-0.39, 0.29) is 18.5 Å². The largest absolute Gasteiger partial charge is 0.445 e. The van der Waals surface area contributed by atoms with Crippen molar-refractivity contribution in [2.45, 2.75) is 32.8 Å². The van der Waals surface area contributed by atoms with Gasteiger partial charge in [0.25, 0.3) is 0 Å². The summed E-state index contributed by atoms with van der Waals surface area (Å²) in [7, 11) is 0. The van der Waals surface area contributed by atoms with Crippen LogP contribution in [0.5, 0.6) is 0 Å². The van der Waals surface area contributed by atoms with E-state index in [1.54, 1.807) is 11.1 Å². The molecular weight excluding hydrogens is 378 g/mol.